The van der Waals surface area contributed by atoms with Gasteiger partial charge >= 0.3 is 6.36 Å². The summed E-state index contributed by atoms with van der Waals surface area (Å²) in [5, 5.41) is 9.71. The van der Waals surface area contributed by atoms with Gasteiger partial charge in [-0.2, -0.15) is 10.1 Å². The van der Waals surface area contributed by atoms with Gasteiger partial charge < -0.3 is 19.1 Å². The first kappa shape index (κ1) is 24.9. The molecule has 1 aliphatic rings. The minimum atomic E-state index is -4.76. The van der Waals surface area contributed by atoms with Crippen molar-refractivity contribution < 1.29 is 22.4 Å². The molecule has 0 spiro atoms. The Labute approximate surface area is 222 Å². The number of rotatable bonds is 6. The molecule has 11 heteroatoms. The molecule has 0 amide bonds. The van der Waals surface area contributed by atoms with Crippen LogP contribution in [-0.2, 0) is 6.54 Å². The highest BCUT2D eigenvalue weighted by Gasteiger charge is 2.31. The average molecular weight is 535 g/mol. The molecule has 1 fully saturated rings. The Morgan fingerprint density at radius 3 is 2.46 bits per heavy atom. The fourth-order valence-electron chi connectivity index (χ4n) is 4.74. The second-order valence-electron chi connectivity index (χ2n) is 9.48. The number of aromatic nitrogens is 4. The van der Waals surface area contributed by atoms with Crippen molar-refractivity contribution in [1.29, 1.82) is 0 Å². The lowest BCUT2D eigenvalue weighted by atomic mass is 10.1. The molecule has 1 saturated heterocycles. The number of ether oxygens (including phenoxy) is 1. The fraction of sp³-hybridized carbons (Fsp3) is 0.250. The summed E-state index contributed by atoms with van der Waals surface area (Å²) in [6.45, 7) is 4.62. The lowest BCUT2D eigenvalue weighted by Gasteiger charge is -2.34. The summed E-state index contributed by atoms with van der Waals surface area (Å²) in [4.78, 5) is 9.21. The molecule has 3 heterocycles. The predicted molar refractivity (Wildman–Crippen MR) is 140 cm³/mol. The first-order valence-corrected chi connectivity index (χ1v) is 12.5. The topological polar surface area (TPSA) is 72.5 Å². The Morgan fingerprint density at radius 1 is 0.923 bits per heavy atom. The van der Waals surface area contributed by atoms with Crippen LogP contribution < -0.4 is 9.64 Å². The zero-order valence-electron chi connectivity index (χ0n) is 21.1. The maximum absolute atomic E-state index is 12.5. The standard InChI is InChI=1S/C28H25F3N6O2/c1-35-13-15-36(16-14-35)21-6-4-5-19(17-21)18-37-24-8-3-2-7-23(24)25(33-37)27-32-26(34-39-27)20-9-11-22(12-10-20)38-28(29,30)31/h2-12,17H,13-16,18H2,1H3. The number of halogens is 3. The molecular formula is C28H25F3N6O2. The van der Waals surface area contributed by atoms with Gasteiger partial charge in [-0.05, 0) is 55.1 Å². The van der Waals surface area contributed by atoms with E-state index >= 15 is 0 Å². The zero-order valence-corrected chi connectivity index (χ0v) is 21.1. The van der Waals surface area contributed by atoms with Crippen LogP contribution in [0.25, 0.3) is 33.9 Å². The van der Waals surface area contributed by atoms with Gasteiger partial charge in [-0.3, -0.25) is 4.68 Å². The molecule has 0 radical (unpaired) electrons. The quantitative estimate of drug-likeness (QED) is 0.287. The van der Waals surface area contributed by atoms with Gasteiger partial charge in [0.15, 0.2) is 5.69 Å². The Morgan fingerprint density at radius 2 is 1.69 bits per heavy atom. The summed E-state index contributed by atoms with van der Waals surface area (Å²) in [6.07, 6.45) is -4.76. The van der Waals surface area contributed by atoms with Crippen molar-refractivity contribution >= 4 is 16.6 Å². The Kier molecular flexibility index (Phi) is 6.43. The minimum Gasteiger partial charge on any atom is -0.406 e. The molecule has 0 saturated carbocycles. The number of likely N-dealkylation sites (N-methyl/N-ethyl adjacent to an activating group) is 1. The number of hydrogen-bond donors (Lipinski definition) is 0. The Balaban J connectivity index is 1.26. The van der Waals surface area contributed by atoms with Crippen LogP contribution in [0.1, 0.15) is 5.56 Å². The maximum Gasteiger partial charge on any atom is 0.573 e. The third-order valence-electron chi connectivity index (χ3n) is 6.74. The van der Waals surface area contributed by atoms with Crippen LogP contribution in [0.4, 0.5) is 18.9 Å². The van der Waals surface area contributed by atoms with E-state index in [0.717, 1.165) is 42.6 Å². The van der Waals surface area contributed by atoms with Gasteiger partial charge in [0.2, 0.25) is 5.82 Å². The third kappa shape index (κ3) is 5.44. The molecule has 0 bridgehead atoms. The summed E-state index contributed by atoms with van der Waals surface area (Å²) < 4.78 is 48.8. The highest BCUT2D eigenvalue weighted by molar-refractivity contribution is 5.91. The number of hydrogen-bond acceptors (Lipinski definition) is 7. The van der Waals surface area contributed by atoms with E-state index in [1.807, 2.05) is 28.9 Å². The number of nitrogens with zero attached hydrogens (tertiary/aromatic N) is 6. The summed E-state index contributed by atoms with van der Waals surface area (Å²) in [5.74, 6) is 0.139. The summed E-state index contributed by atoms with van der Waals surface area (Å²) >= 11 is 0. The van der Waals surface area contributed by atoms with E-state index in [4.69, 9.17) is 9.62 Å². The van der Waals surface area contributed by atoms with Crippen molar-refractivity contribution in [2.75, 3.05) is 38.1 Å². The van der Waals surface area contributed by atoms with Crippen molar-refractivity contribution in [3.05, 3.63) is 78.4 Å². The van der Waals surface area contributed by atoms with Crippen molar-refractivity contribution in [3.63, 3.8) is 0 Å². The molecule has 8 nitrogen and oxygen atoms in total. The van der Waals surface area contributed by atoms with Crippen molar-refractivity contribution in [2.45, 2.75) is 12.9 Å². The smallest absolute Gasteiger partial charge is 0.406 e. The monoisotopic (exact) mass is 534 g/mol. The Bertz CT molecular complexity index is 1590. The van der Waals surface area contributed by atoms with Gasteiger partial charge in [-0.15, -0.1) is 13.2 Å². The SMILES string of the molecule is CN1CCN(c2cccc(Cn3nc(-c4nc(-c5ccc(OC(F)(F)F)cc5)no4)c4ccccc43)c2)CC1. The van der Waals surface area contributed by atoms with E-state index in [9.17, 15) is 13.2 Å². The highest BCUT2D eigenvalue weighted by atomic mass is 19.4. The summed E-state index contributed by atoms with van der Waals surface area (Å²) in [6, 6.07) is 21.6. The average Bonchev–Trinajstić information content (AvgIpc) is 3.54. The van der Waals surface area contributed by atoms with E-state index < -0.39 is 6.36 Å². The summed E-state index contributed by atoms with van der Waals surface area (Å²) in [5.41, 5.74) is 4.27. The number of benzene rings is 3. The van der Waals surface area contributed by atoms with Crippen molar-refractivity contribution in [1.82, 2.24) is 24.8 Å². The second kappa shape index (κ2) is 10.1. The van der Waals surface area contributed by atoms with Crippen LogP contribution in [0.15, 0.2) is 77.3 Å². The maximum atomic E-state index is 12.5. The van der Waals surface area contributed by atoms with Gasteiger partial charge in [-0.25, -0.2) is 0 Å². The minimum absolute atomic E-state index is 0.224. The molecule has 0 atom stereocenters. The number of anilines is 1. The lowest BCUT2D eigenvalue weighted by molar-refractivity contribution is -0.274. The largest absolute Gasteiger partial charge is 0.573 e. The predicted octanol–water partition coefficient (Wildman–Crippen LogP) is 5.45. The molecule has 200 valence electrons. The van der Waals surface area contributed by atoms with Crippen LogP contribution in [0, 0.1) is 0 Å². The number of fused-ring (bicyclic) bond motifs is 1. The highest BCUT2D eigenvalue weighted by Crippen LogP contribution is 2.30. The molecular weight excluding hydrogens is 509 g/mol. The molecule has 0 aliphatic carbocycles. The van der Waals surface area contributed by atoms with E-state index in [1.165, 1.54) is 30.0 Å². The van der Waals surface area contributed by atoms with Crippen LogP contribution in [0.2, 0.25) is 0 Å². The van der Waals surface area contributed by atoms with Gasteiger partial charge in [0.05, 0.1) is 12.1 Å². The van der Waals surface area contributed by atoms with Crippen molar-refractivity contribution in [3.8, 4) is 28.7 Å². The normalized spacial score (nSPS) is 14.7. The molecule has 1 aliphatic heterocycles. The number of piperazine rings is 1. The molecule has 0 N–H and O–H groups in total. The van der Waals surface area contributed by atoms with Gasteiger partial charge in [0.25, 0.3) is 5.89 Å². The van der Waals surface area contributed by atoms with Gasteiger partial charge in [0.1, 0.15) is 5.75 Å². The molecule has 0 unspecified atom stereocenters. The molecule has 39 heavy (non-hydrogen) atoms. The molecule has 2 aromatic heterocycles. The first-order valence-electron chi connectivity index (χ1n) is 12.5. The number of alkyl halides is 3. The van der Waals surface area contributed by atoms with E-state index in [0.29, 0.717) is 17.8 Å². The van der Waals surface area contributed by atoms with E-state index in [1.54, 1.807) is 0 Å². The van der Waals surface area contributed by atoms with Crippen LogP contribution in [0.5, 0.6) is 5.75 Å². The lowest BCUT2D eigenvalue weighted by Crippen LogP contribution is -2.44. The van der Waals surface area contributed by atoms with Crippen LogP contribution in [-0.4, -0.2) is 64.4 Å². The van der Waals surface area contributed by atoms with E-state index in [2.05, 4.69) is 56.0 Å². The Hall–Kier alpha value is -4.38. The first-order chi connectivity index (χ1) is 18.8. The van der Waals surface area contributed by atoms with Crippen LogP contribution in [0.3, 0.4) is 0 Å². The molecule has 3 aromatic carbocycles. The molecule has 6 rings (SSSR count). The van der Waals surface area contributed by atoms with Crippen molar-refractivity contribution in [2.24, 2.45) is 0 Å². The number of para-hydroxylation sites is 1. The van der Waals surface area contributed by atoms with Gasteiger partial charge in [-0.1, -0.05) is 35.5 Å². The summed E-state index contributed by atoms with van der Waals surface area (Å²) in [7, 11) is 2.14. The molecule has 5 aromatic rings. The van der Waals surface area contributed by atoms with Crippen LogP contribution >= 0.6 is 0 Å². The fourth-order valence-corrected chi connectivity index (χ4v) is 4.74. The second-order valence-corrected chi connectivity index (χ2v) is 9.48. The third-order valence-corrected chi connectivity index (χ3v) is 6.74. The zero-order chi connectivity index (χ0) is 27.0. The van der Waals surface area contributed by atoms with E-state index in [-0.39, 0.29) is 17.5 Å². The van der Waals surface area contributed by atoms with Gasteiger partial charge in [0, 0.05) is 42.8 Å².